The number of sulfonamides is 1. The molecule has 8 nitrogen and oxygen atoms in total. The Hall–Kier alpha value is -2.96. The molecular weight excluding hydrogens is 414 g/mol. The molecule has 160 valence electrons. The summed E-state index contributed by atoms with van der Waals surface area (Å²) in [6, 6.07) is 7.62. The summed E-state index contributed by atoms with van der Waals surface area (Å²) in [5.41, 5.74) is 2.44. The second-order valence-corrected chi connectivity index (χ2v) is 9.88. The van der Waals surface area contributed by atoms with Crippen molar-refractivity contribution in [2.45, 2.75) is 55.5 Å². The Morgan fingerprint density at radius 1 is 1.16 bits per heavy atom. The first-order valence-corrected chi connectivity index (χ1v) is 12.0. The Balaban J connectivity index is 1.61. The van der Waals surface area contributed by atoms with E-state index in [2.05, 4.69) is 25.3 Å². The Bertz CT molecular complexity index is 1280. The average Bonchev–Trinajstić information content (AvgIpc) is 3.03. The Morgan fingerprint density at radius 2 is 1.94 bits per heavy atom. The number of methoxy groups -OCH3 is 1. The summed E-state index contributed by atoms with van der Waals surface area (Å²) in [5.74, 6) is 0.581. The van der Waals surface area contributed by atoms with E-state index in [-0.39, 0.29) is 17.0 Å². The van der Waals surface area contributed by atoms with Gasteiger partial charge >= 0.3 is 0 Å². The predicted molar refractivity (Wildman–Crippen MR) is 115 cm³/mol. The Kier molecular flexibility index (Phi) is 4.91. The lowest BCUT2D eigenvalue weighted by molar-refractivity contribution is 0.322. The van der Waals surface area contributed by atoms with Crippen LogP contribution in [0.5, 0.6) is 5.75 Å². The summed E-state index contributed by atoms with van der Waals surface area (Å²) in [5, 5.41) is 10.7. The number of ether oxygens (including phenoxy) is 1. The molecule has 3 aromatic rings. The minimum atomic E-state index is -3.60. The van der Waals surface area contributed by atoms with Crippen molar-refractivity contribution >= 4 is 21.1 Å². The highest BCUT2D eigenvalue weighted by molar-refractivity contribution is 7.89. The number of fused-ring (bicyclic) bond motifs is 1. The van der Waals surface area contributed by atoms with Gasteiger partial charge in [-0.15, -0.1) is 0 Å². The van der Waals surface area contributed by atoms with Crippen LogP contribution in [0.4, 0.5) is 0 Å². The third kappa shape index (κ3) is 3.36. The minimum absolute atomic E-state index is 0.0112. The van der Waals surface area contributed by atoms with E-state index in [4.69, 9.17) is 4.74 Å². The SMILES string of the molecule is COc1cnc2c(c1)c(C#N)c(-c1ccc(S(=O)(=O)NC3CCC3)cn1)n2C1CCC1. The van der Waals surface area contributed by atoms with E-state index in [1.165, 1.54) is 6.20 Å². The van der Waals surface area contributed by atoms with E-state index in [0.29, 0.717) is 28.1 Å². The van der Waals surface area contributed by atoms with Gasteiger partial charge in [0.1, 0.15) is 22.4 Å². The van der Waals surface area contributed by atoms with Crippen LogP contribution in [0.1, 0.15) is 50.1 Å². The maximum absolute atomic E-state index is 12.6. The molecule has 0 radical (unpaired) electrons. The molecule has 1 N–H and O–H groups in total. The molecule has 2 saturated carbocycles. The average molecular weight is 438 g/mol. The van der Waals surface area contributed by atoms with Crippen molar-refractivity contribution in [1.82, 2.24) is 19.3 Å². The van der Waals surface area contributed by atoms with Crippen molar-refractivity contribution in [2.24, 2.45) is 0 Å². The topological polar surface area (TPSA) is 110 Å². The number of pyridine rings is 2. The Labute approximate surface area is 180 Å². The van der Waals surface area contributed by atoms with Crippen molar-refractivity contribution < 1.29 is 13.2 Å². The van der Waals surface area contributed by atoms with Gasteiger partial charge in [-0.25, -0.2) is 18.1 Å². The van der Waals surface area contributed by atoms with Crippen LogP contribution < -0.4 is 9.46 Å². The summed E-state index contributed by atoms with van der Waals surface area (Å²) < 4.78 is 35.3. The standard InChI is InChI=1S/C22H23N5O3S/c1-30-16-10-18-19(11-23)21(27(15-6-3-7-15)22(18)25-12-16)20-9-8-17(13-24-20)31(28,29)26-14-4-2-5-14/h8-10,12-15,26H,2-7H2,1H3. The molecule has 5 rings (SSSR count). The van der Waals surface area contributed by atoms with Crippen molar-refractivity contribution in [3.8, 4) is 23.2 Å². The number of nitrogens with one attached hydrogen (secondary N) is 1. The normalized spacial score (nSPS) is 17.2. The molecular formula is C22H23N5O3S. The van der Waals surface area contributed by atoms with Crippen molar-refractivity contribution in [2.75, 3.05) is 7.11 Å². The monoisotopic (exact) mass is 437 g/mol. The molecule has 9 heteroatoms. The van der Waals surface area contributed by atoms with Crippen LogP contribution in [0, 0.1) is 11.3 Å². The van der Waals surface area contributed by atoms with E-state index in [9.17, 15) is 13.7 Å². The first-order valence-electron chi connectivity index (χ1n) is 10.5. The van der Waals surface area contributed by atoms with E-state index < -0.39 is 10.0 Å². The van der Waals surface area contributed by atoms with E-state index in [0.717, 1.165) is 44.2 Å². The fourth-order valence-electron chi connectivity index (χ4n) is 4.14. The number of aromatic nitrogens is 3. The van der Waals surface area contributed by atoms with E-state index in [1.807, 2.05) is 6.07 Å². The molecule has 0 spiro atoms. The van der Waals surface area contributed by atoms with Gasteiger partial charge in [0, 0.05) is 23.7 Å². The minimum Gasteiger partial charge on any atom is -0.495 e. The molecule has 0 aromatic carbocycles. The van der Waals surface area contributed by atoms with Gasteiger partial charge in [0.2, 0.25) is 10.0 Å². The number of rotatable bonds is 6. The van der Waals surface area contributed by atoms with Crippen LogP contribution in [-0.4, -0.2) is 36.1 Å². The van der Waals surface area contributed by atoms with Gasteiger partial charge in [-0.3, -0.25) is 4.98 Å². The first kappa shape index (κ1) is 20.0. The van der Waals surface area contributed by atoms with Gasteiger partial charge in [-0.1, -0.05) is 6.42 Å². The second-order valence-electron chi connectivity index (χ2n) is 8.16. The molecule has 31 heavy (non-hydrogen) atoms. The van der Waals surface area contributed by atoms with Gasteiger partial charge in [-0.2, -0.15) is 5.26 Å². The summed E-state index contributed by atoms with van der Waals surface area (Å²) in [6.45, 7) is 0. The fraction of sp³-hybridized carbons (Fsp3) is 0.409. The molecule has 2 aliphatic rings. The van der Waals surface area contributed by atoms with Gasteiger partial charge < -0.3 is 9.30 Å². The molecule has 2 fully saturated rings. The largest absolute Gasteiger partial charge is 0.495 e. The lowest BCUT2D eigenvalue weighted by Crippen LogP contribution is -2.39. The summed E-state index contributed by atoms with van der Waals surface area (Å²) >= 11 is 0. The fourth-order valence-corrected chi connectivity index (χ4v) is 5.39. The van der Waals surface area contributed by atoms with Crippen molar-refractivity contribution in [1.29, 1.82) is 5.26 Å². The van der Waals surface area contributed by atoms with Crippen LogP contribution in [0.15, 0.2) is 35.5 Å². The quantitative estimate of drug-likeness (QED) is 0.632. The van der Waals surface area contributed by atoms with Crippen LogP contribution in [0.25, 0.3) is 22.4 Å². The summed E-state index contributed by atoms with van der Waals surface area (Å²) in [6.07, 6.45) is 8.94. The third-order valence-corrected chi connectivity index (χ3v) is 7.83. The van der Waals surface area contributed by atoms with Crippen molar-refractivity contribution in [3.63, 3.8) is 0 Å². The zero-order chi connectivity index (χ0) is 21.6. The van der Waals surface area contributed by atoms with E-state index >= 15 is 0 Å². The zero-order valence-electron chi connectivity index (χ0n) is 17.2. The molecule has 0 bridgehead atoms. The molecule has 0 unspecified atom stereocenters. The van der Waals surface area contributed by atoms with Crippen LogP contribution in [-0.2, 0) is 10.0 Å². The highest BCUT2D eigenvalue weighted by Gasteiger charge is 2.30. The van der Waals surface area contributed by atoms with E-state index in [1.54, 1.807) is 25.4 Å². The number of hydrogen-bond acceptors (Lipinski definition) is 6. The molecule has 0 saturated heterocycles. The molecule has 0 atom stereocenters. The first-order chi connectivity index (χ1) is 15.0. The number of nitrogens with zero attached hydrogens (tertiary/aromatic N) is 4. The van der Waals surface area contributed by atoms with Crippen LogP contribution in [0.2, 0.25) is 0 Å². The summed E-state index contributed by atoms with van der Waals surface area (Å²) in [7, 11) is -2.04. The maximum Gasteiger partial charge on any atom is 0.242 e. The zero-order valence-corrected chi connectivity index (χ0v) is 18.0. The van der Waals surface area contributed by atoms with Crippen LogP contribution >= 0.6 is 0 Å². The predicted octanol–water partition coefficient (Wildman–Crippen LogP) is 3.53. The van der Waals surface area contributed by atoms with Gasteiger partial charge in [0.25, 0.3) is 0 Å². The van der Waals surface area contributed by atoms with Gasteiger partial charge in [0.05, 0.1) is 30.3 Å². The second kappa shape index (κ2) is 7.62. The lowest BCUT2D eigenvalue weighted by Gasteiger charge is -2.29. The highest BCUT2D eigenvalue weighted by atomic mass is 32.2. The molecule has 2 aliphatic carbocycles. The van der Waals surface area contributed by atoms with Crippen molar-refractivity contribution in [3.05, 3.63) is 36.2 Å². The number of hydrogen-bond donors (Lipinski definition) is 1. The van der Waals surface area contributed by atoms with Gasteiger partial charge in [0.15, 0.2) is 0 Å². The number of nitriles is 1. The molecule has 0 amide bonds. The molecule has 3 aromatic heterocycles. The lowest BCUT2D eigenvalue weighted by atomic mass is 9.92. The molecule has 3 heterocycles. The highest BCUT2D eigenvalue weighted by Crippen LogP contribution is 2.42. The molecule has 0 aliphatic heterocycles. The maximum atomic E-state index is 12.6. The van der Waals surface area contributed by atoms with Gasteiger partial charge in [-0.05, 0) is 50.3 Å². The smallest absolute Gasteiger partial charge is 0.242 e. The van der Waals surface area contributed by atoms with Crippen LogP contribution in [0.3, 0.4) is 0 Å². The Morgan fingerprint density at radius 3 is 2.48 bits per heavy atom. The third-order valence-electron chi connectivity index (χ3n) is 6.32. The summed E-state index contributed by atoms with van der Waals surface area (Å²) in [4.78, 5) is 9.16.